The summed E-state index contributed by atoms with van der Waals surface area (Å²) >= 11 is 0. The minimum Gasteiger partial charge on any atom is -0.496 e. The van der Waals surface area contributed by atoms with Gasteiger partial charge in [-0.15, -0.1) is 0 Å². The number of rotatable bonds is 2. The van der Waals surface area contributed by atoms with Crippen LogP contribution in [0.2, 0.25) is 0 Å². The number of nitrogens with zero attached hydrogens (tertiary/aromatic N) is 1. The summed E-state index contributed by atoms with van der Waals surface area (Å²) in [5.41, 5.74) is 2.51. The normalized spacial score (nSPS) is 17.6. The highest BCUT2D eigenvalue weighted by atomic mass is 16.5. The Hall–Kier alpha value is -1.18. The number of piperidine rings is 1. The maximum Gasteiger partial charge on any atom is 0.123 e. The van der Waals surface area contributed by atoms with Crippen LogP contribution in [0.4, 0.5) is 5.69 Å². The molecule has 16 heavy (non-hydrogen) atoms. The zero-order valence-electron chi connectivity index (χ0n) is 10.5. The molecule has 0 bridgehead atoms. The molecule has 0 atom stereocenters. The summed E-state index contributed by atoms with van der Waals surface area (Å²) in [6.07, 6.45) is 2.60. The van der Waals surface area contributed by atoms with E-state index < -0.39 is 0 Å². The second-order valence-electron chi connectivity index (χ2n) is 4.82. The molecule has 1 fully saturated rings. The molecule has 0 aliphatic carbocycles. The first kappa shape index (κ1) is 11.3. The van der Waals surface area contributed by atoms with Gasteiger partial charge in [0.2, 0.25) is 0 Å². The highest BCUT2D eigenvalue weighted by molar-refractivity contribution is 5.53. The molecule has 0 N–H and O–H groups in total. The van der Waals surface area contributed by atoms with Crippen molar-refractivity contribution in [1.82, 2.24) is 0 Å². The minimum atomic E-state index is 0.878. The van der Waals surface area contributed by atoms with E-state index in [2.05, 4.69) is 36.9 Å². The quantitative estimate of drug-likeness (QED) is 0.757. The third-order valence-electron chi connectivity index (χ3n) is 3.54. The average Bonchev–Trinajstić information content (AvgIpc) is 2.31. The number of hydrogen-bond donors (Lipinski definition) is 0. The number of methoxy groups -OCH3 is 1. The Morgan fingerprint density at radius 2 is 1.94 bits per heavy atom. The zero-order chi connectivity index (χ0) is 11.5. The molecule has 1 aromatic carbocycles. The SMILES string of the molecule is COc1cc(N2CCC(C)CC2)ccc1C. The summed E-state index contributed by atoms with van der Waals surface area (Å²) in [5, 5.41) is 0. The van der Waals surface area contributed by atoms with Gasteiger partial charge in [0.15, 0.2) is 0 Å². The van der Waals surface area contributed by atoms with E-state index in [0.29, 0.717) is 0 Å². The van der Waals surface area contributed by atoms with E-state index in [9.17, 15) is 0 Å². The molecule has 2 nitrogen and oxygen atoms in total. The van der Waals surface area contributed by atoms with E-state index >= 15 is 0 Å². The van der Waals surface area contributed by atoms with Crippen LogP contribution in [0.5, 0.6) is 5.75 Å². The summed E-state index contributed by atoms with van der Waals surface area (Å²) in [5.74, 6) is 1.87. The fraction of sp³-hybridized carbons (Fsp3) is 0.571. The molecule has 1 aromatic rings. The molecule has 0 radical (unpaired) electrons. The van der Waals surface area contributed by atoms with Gasteiger partial charge in [-0.3, -0.25) is 0 Å². The van der Waals surface area contributed by atoms with E-state index in [1.54, 1.807) is 7.11 Å². The fourth-order valence-electron chi connectivity index (χ4n) is 2.27. The second-order valence-corrected chi connectivity index (χ2v) is 4.82. The van der Waals surface area contributed by atoms with Crippen molar-refractivity contribution >= 4 is 5.69 Å². The van der Waals surface area contributed by atoms with Gasteiger partial charge in [0, 0.05) is 24.8 Å². The molecule has 1 heterocycles. The maximum atomic E-state index is 5.37. The lowest BCUT2D eigenvalue weighted by molar-refractivity contribution is 0.410. The van der Waals surface area contributed by atoms with E-state index in [1.807, 2.05) is 0 Å². The van der Waals surface area contributed by atoms with E-state index in [4.69, 9.17) is 4.74 Å². The highest BCUT2D eigenvalue weighted by Gasteiger charge is 2.16. The fourth-order valence-corrected chi connectivity index (χ4v) is 2.27. The number of hydrogen-bond acceptors (Lipinski definition) is 2. The van der Waals surface area contributed by atoms with Crippen LogP contribution in [0, 0.1) is 12.8 Å². The Kier molecular flexibility index (Phi) is 3.37. The lowest BCUT2D eigenvalue weighted by Crippen LogP contribution is -2.32. The summed E-state index contributed by atoms with van der Waals surface area (Å²) in [6.45, 7) is 6.77. The second kappa shape index (κ2) is 4.77. The van der Waals surface area contributed by atoms with Crippen molar-refractivity contribution in [3.63, 3.8) is 0 Å². The molecule has 0 saturated carbocycles. The van der Waals surface area contributed by atoms with Crippen molar-refractivity contribution < 1.29 is 4.74 Å². The van der Waals surface area contributed by atoms with Crippen LogP contribution in [-0.2, 0) is 0 Å². The predicted octanol–water partition coefficient (Wildman–Crippen LogP) is 3.24. The van der Waals surface area contributed by atoms with Gasteiger partial charge in [-0.1, -0.05) is 13.0 Å². The first-order valence-electron chi connectivity index (χ1n) is 6.10. The van der Waals surface area contributed by atoms with Crippen molar-refractivity contribution in [3.8, 4) is 5.75 Å². The van der Waals surface area contributed by atoms with Gasteiger partial charge in [0.25, 0.3) is 0 Å². The Balaban J connectivity index is 2.14. The topological polar surface area (TPSA) is 12.5 Å². The van der Waals surface area contributed by atoms with Crippen LogP contribution < -0.4 is 9.64 Å². The number of aryl methyl sites for hydroxylation is 1. The van der Waals surface area contributed by atoms with Crippen LogP contribution >= 0.6 is 0 Å². The predicted molar refractivity (Wildman–Crippen MR) is 68.3 cm³/mol. The lowest BCUT2D eigenvalue weighted by atomic mass is 9.98. The minimum absolute atomic E-state index is 0.878. The Bertz CT molecular complexity index is 354. The molecule has 1 aliphatic rings. The van der Waals surface area contributed by atoms with E-state index in [0.717, 1.165) is 11.7 Å². The van der Waals surface area contributed by atoms with Gasteiger partial charge in [-0.2, -0.15) is 0 Å². The Morgan fingerprint density at radius 1 is 1.25 bits per heavy atom. The third kappa shape index (κ3) is 2.31. The van der Waals surface area contributed by atoms with Crippen LogP contribution in [0.15, 0.2) is 18.2 Å². The summed E-state index contributed by atoms with van der Waals surface area (Å²) in [4.78, 5) is 2.46. The third-order valence-corrected chi connectivity index (χ3v) is 3.54. The van der Waals surface area contributed by atoms with Gasteiger partial charge in [-0.25, -0.2) is 0 Å². The van der Waals surface area contributed by atoms with Crippen LogP contribution in [0.25, 0.3) is 0 Å². The largest absolute Gasteiger partial charge is 0.496 e. The van der Waals surface area contributed by atoms with Crippen molar-refractivity contribution in [2.24, 2.45) is 5.92 Å². The van der Waals surface area contributed by atoms with Gasteiger partial charge in [0.1, 0.15) is 5.75 Å². The molecular weight excluding hydrogens is 198 g/mol. The van der Waals surface area contributed by atoms with Gasteiger partial charge in [0.05, 0.1) is 7.11 Å². The van der Waals surface area contributed by atoms with Gasteiger partial charge >= 0.3 is 0 Å². The van der Waals surface area contributed by atoms with E-state index in [1.165, 1.54) is 37.2 Å². The van der Waals surface area contributed by atoms with Crippen molar-refractivity contribution in [1.29, 1.82) is 0 Å². The van der Waals surface area contributed by atoms with Crippen molar-refractivity contribution in [2.45, 2.75) is 26.7 Å². The molecule has 2 heteroatoms. The summed E-state index contributed by atoms with van der Waals surface area (Å²) < 4.78 is 5.37. The van der Waals surface area contributed by atoms with Crippen LogP contribution in [0.3, 0.4) is 0 Å². The Labute approximate surface area is 98.2 Å². The van der Waals surface area contributed by atoms with Crippen molar-refractivity contribution in [3.05, 3.63) is 23.8 Å². The Morgan fingerprint density at radius 3 is 2.56 bits per heavy atom. The number of benzene rings is 1. The van der Waals surface area contributed by atoms with E-state index in [-0.39, 0.29) is 0 Å². The monoisotopic (exact) mass is 219 g/mol. The first-order chi connectivity index (χ1) is 7.70. The first-order valence-corrected chi connectivity index (χ1v) is 6.10. The molecule has 0 amide bonds. The molecular formula is C14H21NO. The summed E-state index contributed by atoms with van der Waals surface area (Å²) in [6, 6.07) is 6.51. The molecule has 0 unspecified atom stereocenters. The smallest absolute Gasteiger partial charge is 0.123 e. The zero-order valence-corrected chi connectivity index (χ0v) is 10.5. The standard InChI is InChI=1S/C14H21NO/c1-11-6-8-15(9-7-11)13-5-4-12(2)14(10-13)16-3/h4-5,10-11H,6-9H2,1-3H3. The number of ether oxygens (including phenoxy) is 1. The molecule has 2 rings (SSSR count). The maximum absolute atomic E-state index is 5.37. The molecule has 1 saturated heterocycles. The highest BCUT2D eigenvalue weighted by Crippen LogP contribution is 2.28. The molecule has 0 aromatic heterocycles. The van der Waals surface area contributed by atoms with Crippen LogP contribution in [-0.4, -0.2) is 20.2 Å². The average molecular weight is 219 g/mol. The van der Waals surface area contributed by atoms with Crippen molar-refractivity contribution in [2.75, 3.05) is 25.1 Å². The summed E-state index contributed by atoms with van der Waals surface area (Å²) in [7, 11) is 1.74. The van der Waals surface area contributed by atoms with Gasteiger partial charge < -0.3 is 9.64 Å². The molecule has 0 spiro atoms. The lowest BCUT2D eigenvalue weighted by Gasteiger charge is -2.32. The van der Waals surface area contributed by atoms with Gasteiger partial charge in [-0.05, 0) is 37.3 Å². The van der Waals surface area contributed by atoms with Crippen LogP contribution in [0.1, 0.15) is 25.3 Å². The molecule has 1 aliphatic heterocycles. The molecule has 88 valence electrons. The number of anilines is 1.